The van der Waals surface area contributed by atoms with Crippen LogP contribution in [0.4, 0.5) is 0 Å². The van der Waals surface area contributed by atoms with Gasteiger partial charge in [0.05, 0.1) is 0 Å². The summed E-state index contributed by atoms with van der Waals surface area (Å²) in [6.07, 6.45) is 3.99. The first-order valence-corrected chi connectivity index (χ1v) is 4.77. The van der Waals surface area contributed by atoms with Crippen molar-refractivity contribution in [1.82, 2.24) is 5.48 Å². The van der Waals surface area contributed by atoms with Crippen molar-refractivity contribution in [2.24, 2.45) is 29.6 Å². The maximum atomic E-state index is 11.1. The summed E-state index contributed by atoms with van der Waals surface area (Å²) >= 11 is 0. The standard InChI is InChI=1S/C9H13NO2/c11-9(10-12)8-6-4-1-2-5(3-4)7(6)8/h4-8,12H,1-3H2,(H,10,11). The molecule has 0 heterocycles. The molecule has 12 heavy (non-hydrogen) atoms. The Balaban J connectivity index is 1.78. The van der Waals surface area contributed by atoms with E-state index in [4.69, 9.17) is 5.21 Å². The van der Waals surface area contributed by atoms with E-state index in [1.165, 1.54) is 19.3 Å². The fourth-order valence-electron chi connectivity index (χ4n) is 3.75. The molecule has 1 amide bonds. The highest BCUT2D eigenvalue weighted by atomic mass is 16.5. The second-order valence-corrected chi connectivity index (χ2v) is 4.49. The lowest BCUT2D eigenvalue weighted by atomic mass is 10.0. The number of fused-ring (bicyclic) bond motifs is 5. The summed E-state index contributed by atoms with van der Waals surface area (Å²) in [5, 5.41) is 8.49. The first kappa shape index (κ1) is 6.89. The quantitative estimate of drug-likeness (QED) is 0.448. The van der Waals surface area contributed by atoms with Gasteiger partial charge >= 0.3 is 0 Å². The van der Waals surface area contributed by atoms with Crippen LogP contribution in [0.3, 0.4) is 0 Å². The van der Waals surface area contributed by atoms with Crippen molar-refractivity contribution in [3.05, 3.63) is 0 Å². The molecular formula is C9H13NO2. The monoisotopic (exact) mass is 167 g/mol. The zero-order chi connectivity index (χ0) is 8.29. The molecule has 0 aromatic rings. The van der Waals surface area contributed by atoms with Gasteiger partial charge < -0.3 is 0 Å². The maximum Gasteiger partial charge on any atom is 0.247 e. The zero-order valence-electron chi connectivity index (χ0n) is 6.86. The van der Waals surface area contributed by atoms with Gasteiger partial charge in [-0.3, -0.25) is 10.0 Å². The highest BCUT2D eigenvalue weighted by molar-refractivity contribution is 5.81. The van der Waals surface area contributed by atoms with Gasteiger partial charge in [0.2, 0.25) is 5.91 Å². The SMILES string of the molecule is O=C(NO)C1C2C3CCC(C3)C12. The van der Waals surface area contributed by atoms with Crippen LogP contribution in [-0.4, -0.2) is 11.1 Å². The molecule has 0 spiro atoms. The third-order valence-electron chi connectivity index (χ3n) is 4.15. The van der Waals surface area contributed by atoms with E-state index in [0.29, 0.717) is 11.8 Å². The van der Waals surface area contributed by atoms with Crippen LogP contribution < -0.4 is 5.48 Å². The van der Waals surface area contributed by atoms with E-state index in [-0.39, 0.29) is 11.8 Å². The molecule has 3 aliphatic carbocycles. The van der Waals surface area contributed by atoms with Gasteiger partial charge in [0.25, 0.3) is 0 Å². The van der Waals surface area contributed by atoms with E-state index in [2.05, 4.69) is 0 Å². The van der Waals surface area contributed by atoms with Crippen molar-refractivity contribution in [3.63, 3.8) is 0 Å². The van der Waals surface area contributed by atoms with Crippen LogP contribution in [0.5, 0.6) is 0 Å². The molecule has 3 saturated carbocycles. The first-order valence-electron chi connectivity index (χ1n) is 4.77. The molecule has 4 atom stereocenters. The molecule has 3 fully saturated rings. The van der Waals surface area contributed by atoms with Crippen molar-refractivity contribution in [3.8, 4) is 0 Å². The van der Waals surface area contributed by atoms with E-state index >= 15 is 0 Å². The summed E-state index contributed by atoms with van der Waals surface area (Å²) in [6.45, 7) is 0. The van der Waals surface area contributed by atoms with Crippen LogP contribution in [0.1, 0.15) is 19.3 Å². The Kier molecular flexibility index (Phi) is 1.16. The summed E-state index contributed by atoms with van der Waals surface area (Å²) in [4.78, 5) is 11.1. The normalized spacial score (nSPS) is 53.6. The molecule has 4 unspecified atom stereocenters. The van der Waals surface area contributed by atoms with Gasteiger partial charge in [-0.05, 0) is 42.9 Å². The summed E-state index contributed by atoms with van der Waals surface area (Å²) in [7, 11) is 0. The first-order chi connectivity index (χ1) is 5.83. The van der Waals surface area contributed by atoms with Crippen LogP contribution >= 0.6 is 0 Å². The predicted molar refractivity (Wildman–Crippen MR) is 41.2 cm³/mol. The minimum atomic E-state index is -0.137. The second-order valence-electron chi connectivity index (χ2n) is 4.49. The Bertz CT molecular complexity index is 225. The minimum Gasteiger partial charge on any atom is -0.289 e. The number of amides is 1. The molecule has 0 aliphatic heterocycles. The van der Waals surface area contributed by atoms with Gasteiger partial charge in [-0.2, -0.15) is 0 Å². The van der Waals surface area contributed by atoms with Gasteiger partial charge in [-0.15, -0.1) is 0 Å². The topological polar surface area (TPSA) is 49.3 Å². The van der Waals surface area contributed by atoms with Crippen LogP contribution in [0.15, 0.2) is 0 Å². The third-order valence-corrected chi connectivity index (χ3v) is 4.15. The van der Waals surface area contributed by atoms with E-state index in [0.717, 1.165) is 11.8 Å². The molecule has 0 saturated heterocycles. The summed E-state index contributed by atoms with van der Waals surface area (Å²) in [6, 6.07) is 0. The number of hydroxylamine groups is 1. The van der Waals surface area contributed by atoms with E-state index in [9.17, 15) is 4.79 Å². The summed E-state index contributed by atoms with van der Waals surface area (Å²) in [5.41, 5.74) is 1.79. The summed E-state index contributed by atoms with van der Waals surface area (Å²) in [5.74, 6) is 2.92. The van der Waals surface area contributed by atoms with Crippen LogP contribution in [0.25, 0.3) is 0 Å². The van der Waals surface area contributed by atoms with Gasteiger partial charge in [0.1, 0.15) is 0 Å². The van der Waals surface area contributed by atoms with Crippen LogP contribution in [-0.2, 0) is 4.79 Å². The van der Waals surface area contributed by atoms with Crippen molar-refractivity contribution in [2.75, 3.05) is 0 Å². The number of hydrogen-bond acceptors (Lipinski definition) is 2. The Morgan fingerprint density at radius 1 is 1.25 bits per heavy atom. The fraction of sp³-hybridized carbons (Fsp3) is 0.889. The van der Waals surface area contributed by atoms with E-state index in [1.807, 2.05) is 0 Å². The Labute approximate surface area is 71.1 Å². The molecule has 3 rings (SSSR count). The largest absolute Gasteiger partial charge is 0.289 e. The molecule has 0 aromatic heterocycles. The third kappa shape index (κ3) is 0.637. The molecule has 66 valence electrons. The number of hydrogen-bond donors (Lipinski definition) is 2. The molecule has 0 aromatic carbocycles. The van der Waals surface area contributed by atoms with Crippen molar-refractivity contribution in [1.29, 1.82) is 0 Å². The van der Waals surface area contributed by atoms with E-state index in [1.54, 1.807) is 5.48 Å². The lowest BCUT2D eigenvalue weighted by molar-refractivity contribution is -0.131. The average molecular weight is 167 g/mol. The van der Waals surface area contributed by atoms with Crippen LogP contribution in [0, 0.1) is 29.6 Å². The van der Waals surface area contributed by atoms with Gasteiger partial charge in [0, 0.05) is 5.92 Å². The molecule has 3 heteroatoms. The van der Waals surface area contributed by atoms with Crippen molar-refractivity contribution in [2.45, 2.75) is 19.3 Å². The molecular weight excluding hydrogens is 154 g/mol. The van der Waals surface area contributed by atoms with Crippen LogP contribution in [0.2, 0.25) is 0 Å². The van der Waals surface area contributed by atoms with Crippen molar-refractivity contribution >= 4 is 5.91 Å². The number of rotatable bonds is 1. The smallest absolute Gasteiger partial charge is 0.247 e. The van der Waals surface area contributed by atoms with E-state index < -0.39 is 0 Å². The Morgan fingerprint density at radius 3 is 2.33 bits per heavy atom. The highest BCUT2D eigenvalue weighted by Crippen LogP contribution is 2.69. The molecule has 3 aliphatic rings. The fourth-order valence-corrected chi connectivity index (χ4v) is 3.75. The number of carbonyl (C=O) groups is 1. The predicted octanol–water partition coefficient (Wildman–Crippen LogP) is 0.784. The molecule has 3 nitrogen and oxygen atoms in total. The number of nitrogens with one attached hydrogen (secondary N) is 1. The summed E-state index contributed by atoms with van der Waals surface area (Å²) < 4.78 is 0. The molecule has 2 N–H and O–H groups in total. The maximum absolute atomic E-state index is 11.1. The van der Waals surface area contributed by atoms with Gasteiger partial charge in [0.15, 0.2) is 0 Å². The molecule has 0 radical (unpaired) electrons. The second kappa shape index (κ2) is 2.02. The Morgan fingerprint density at radius 2 is 1.83 bits per heavy atom. The lowest BCUT2D eigenvalue weighted by Gasteiger charge is -2.05. The molecule has 2 bridgehead atoms. The lowest BCUT2D eigenvalue weighted by Crippen LogP contribution is -2.23. The Hall–Kier alpha value is -0.570. The number of carbonyl (C=O) groups excluding carboxylic acids is 1. The minimum absolute atomic E-state index is 0.137. The average Bonchev–Trinajstić information content (AvgIpc) is 2.53. The van der Waals surface area contributed by atoms with Gasteiger partial charge in [-0.1, -0.05) is 0 Å². The zero-order valence-corrected chi connectivity index (χ0v) is 6.86. The van der Waals surface area contributed by atoms with Gasteiger partial charge in [-0.25, -0.2) is 5.48 Å². The highest BCUT2D eigenvalue weighted by Gasteiger charge is 2.67. The van der Waals surface area contributed by atoms with Crippen molar-refractivity contribution < 1.29 is 10.0 Å².